The molecule has 1 amide bonds. The number of amides is 1. The molecule has 5 nitrogen and oxygen atoms in total. The van der Waals surface area contributed by atoms with Gasteiger partial charge in [0.2, 0.25) is 5.88 Å². The van der Waals surface area contributed by atoms with Gasteiger partial charge in [-0.2, -0.15) is 0 Å². The number of hydrogen-bond donors (Lipinski definition) is 2. The largest absolute Gasteiger partial charge is 0.481 e. The third-order valence-electron chi connectivity index (χ3n) is 4.56. The van der Waals surface area contributed by atoms with Crippen molar-refractivity contribution in [3.63, 3.8) is 0 Å². The van der Waals surface area contributed by atoms with Crippen molar-refractivity contribution < 1.29 is 9.53 Å². The number of pyridine rings is 1. The number of carbonyl (C=O) groups excluding carboxylic acids is 1. The fourth-order valence-corrected chi connectivity index (χ4v) is 5.43. The molecule has 2 aliphatic rings. The minimum atomic E-state index is 0.0403. The monoisotopic (exact) mass is 361 g/mol. The van der Waals surface area contributed by atoms with Gasteiger partial charge >= 0.3 is 0 Å². The number of nitrogens with one attached hydrogen (secondary N) is 2. The second-order valence-electron chi connectivity index (χ2n) is 6.12. The predicted molar refractivity (Wildman–Crippen MR) is 95.0 cm³/mol. The highest BCUT2D eigenvalue weighted by Gasteiger charge is 2.39. The average Bonchev–Trinajstić information content (AvgIpc) is 3.31. The molecular formula is C17H19N3O2S2. The van der Waals surface area contributed by atoms with Gasteiger partial charge < -0.3 is 15.4 Å². The molecule has 4 rings (SSSR count). The molecule has 2 aromatic rings. The van der Waals surface area contributed by atoms with Gasteiger partial charge in [-0.3, -0.25) is 4.79 Å². The number of carbonyl (C=O) groups is 1. The Bertz CT molecular complexity index is 749. The summed E-state index contributed by atoms with van der Waals surface area (Å²) in [5, 5.41) is 6.74. The maximum atomic E-state index is 12.5. The van der Waals surface area contributed by atoms with E-state index in [9.17, 15) is 4.79 Å². The van der Waals surface area contributed by atoms with E-state index in [2.05, 4.69) is 15.6 Å². The molecule has 2 N–H and O–H groups in total. The molecule has 24 heavy (non-hydrogen) atoms. The average molecular weight is 361 g/mol. The van der Waals surface area contributed by atoms with Crippen LogP contribution < -0.4 is 15.4 Å². The molecular weight excluding hydrogens is 342 g/mol. The van der Waals surface area contributed by atoms with Crippen molar-refractivity contribution in [2.45, 2.75) is 46.5 Å². The van der Waals surface area contributed by atoms with Gasteiger partial charge in [0.25, 0.3) is 5.91 Å². The van der Waals surface area contributed by atoms with Crippen molar-refractivity contribution >= 4 is 29.0 Å². The number of aromatic nitrogens is 1. The Morgan fingerprint density at radius 2 is 2.33 bits per heavy atom. The SMILES string of the molecule is COc1cc(Sc2ccc(C(=O)N[C@@H]3C[C@H]4CC[C@@H]3N4)s2)ccn1. The Kier molecular flexibility index (Phi) is 4.47. The van der Waals surface area contributed by atoms with Crippen molar-refractivity contribution in [2.24, 2.45) is 0 Å². The van der Waals surface area contributed by atoms with Gasteiger partial charge in [0.1, 0.15) is 0 Å². The first-order valence-electron chi connectivity index (χ1n) is 8.06. The normalized spacial score (nSPS) is 25.0. The summed E-state index contributed by atoms with van der Waals surface area (Å²) in [6.07, 6.45) is 5.20. The number of ether oxygens (including phenoxy) is 1. The van der Waals surface area contributed by atoms with E-state index in [1.807, 2.05) is 24.3 Å². The molecule has 2 aromatic heterocycles. The summed E-state index contributed by atoms with van der Waals surface area (Å²) in [5.41, 5.74) is 0. The topological polar surface area (TPSA) is 63.2 Å². The molecule has 4 heterocycles. The molecule has 2 fully saturated rings. The second-order valence-corrected chi connectivity index (χ2v) is 8.58. The number of fused-ring (bicyclic) bond motifs is 2. The zero-order valence-corrected chi connectivity index (χ0v) is 15.0. The van der Waals surface area contributed by atoms with Gasteiger partial charge in [-0.1, -0.05) is 11.8 Å². The molecule has 0 spiro atoms. The predicted octanol–water partition coefficient (Wildman–Crippen LogP) is 2.93. The molecule has 2 bridgehead atoms. The van der Waals surface area contributed by atoms with Crippen LogP contribution >= 0.6 is 23.1 Å². The van der Waals surface area contributed by atoms with Gasteiger partial charge in [0.05, 0.1) is 16.2 Å². The Morgan fingerprint density at radius 3 is 3.08 bits per heavy atom. The third kappa shape index (κ3) is 3.29. The molecule has 0 aliphatic carbocycles. The quantitative estimate of drug-likeness (QED) is 0.857. The van der Waals surface area contributed by atoms with E-state index < -0.39 is 0 Å². The summed E-state index contributed by atoms with van der Waals surface area (Å²) in [6, 6.07) is 9.06. The smallest absolute Gasteiger partial charge is 0.261 e. The minimum absolute atomic E-state index is 0.0403. The van der Waals surface area contributed by atoms with Crippen LogP contribution in [0.2, 0.25) is 0 Å². The Hall–Kier alpha value is -1.57. The lowest BCUT2D eigenvalue weighted by Gasteiger charge is -2.20. The van der Waals surface area contributed by atoms with Gasteiger partial charge in [-0.05, 0) is 37.5 Å². The molecule has 7 heteroatoms. The minimum Gasteiger partial charge on any atom is -0.481 e. The Balaban J connectivity index is 1.39. The van der Waals surface area contributed by atoms with Crippen LogP contribution in [0, 0.1) is 0 Å². The van der Waals surface area contributed by atoms with Gasteiger partial charge in [0.15, 0.2) is 0 Å². The van der Waals surface area contributed by atoms with E-state index in [1.165, 1.54) is 24.2 Å². The molecule has 2 saturated heterocycles. The lowest BCUT2D eigenvalue weighted by molar-refractivity contribution is 0.0935. The second kappa shape index (κ2) is 6.74. The summed E-state index contributed by atoms with van der Waals surface area (Å²) in [4.78, 5) is 18.4. The van der Waals surface area contributed by atoms with Crippen LogP contribution in [0.4, 0.5) is 0 Å². The van der Waals surface area contributed by atoms with Crippen LogP contribution in [0.25, 0.3) is 0 Å². The fourth-order valence-electron chi connectivity index (χ4n) is 3.40. The lowest BCUT2D eigenvalue weighted by atomic mass is 9.95. The van der Waals surface area contributed by atoms with E-state index in [-0.39, 0.29) is 11.9 Å². The molecule has 2 aliphatic heterocycles. The van der Waals surface area contributed by atoms with Crippen molar-refractivity contribution in [1.29, 1.82) is 0 Å². The first kappa shape index (κ1) is 15.9. The zero-order chi connectivity index (χ0) is 16.5. The molecule has 0 aromatic carbocycles. The standard InChI is InChI=1S/C17H19N3O2S2/c1-22-15-9-11(6-7-18-15)23-16-5-4-14(24-16)17(21)20-13-8-10-2-3-12(13)19-10/h4-7,9-10,12-13,19H,2-3,8H2,1H3,(H,20,21)/t10-,12+,13-/m1/s1. The van der Waals surface area contributed by atoms with Crippen molar-refractivity contribution in [3.05, 3.63) is 35.3 Å². The first-order valence-corrected chi connectivity index (χ1v) is 9.69. The molecule has 0 saturated carbocycles. The summed E-state index contributed by atoms with van der Waals surface area (Å²) in [7, 11) is 1.61. The van der Waals surface area contributed by atoms with Crippen LogP contribution in [0.15, 0.2) is 39.6 Å². The van der Waals surface area contributed by atoms with E-state index in [0.717, 1.165) is 20.4 Å². The number of rotatable bonds is 5. The highest BCUT2D eigenvalue weighted by molar-refractivity contribution is 8.01. The summed E-state index contributed by atoms with van der Waals surface area (Å²) < 4.78 is 6.23. The third-order valence-corrected chi connectivity index (χ3v) is 6.76. The number of thiophene rings is 1. The van der Waals surface area contributed by atoms with Crippen molar-refractivity contribution in [1.82, 2.24) is 15.6 Å². The van der Waals surface area contributed by atoms with Crippen molar-refractivity contribution in [3.8, 4) is 5.88 Å². The Morgan fingerprint density at radius 1 is 1.42 bits per heavy atom. The van der Waals surface area contributed by atoms with E-state index in [4.69, 9.17) is 4.74 Å². The van der Waals surface area contributed by atoms with Crippen LogP contribution in [0.5, 0.6) is 5.88 Å². The van der Waals surface area contributed by atoms with Crippen LogP contribution in [0.3, 0.4) is 0 Å². The maximum absolute atomic E-state index is 12.5. The van der Waals surface area contributed by atoms with Gasteiger partial charge in [-0.15, -0.1) is 11.3 Å². The van der Waals surface area contributed by atoms with E-state index in [1.54, 1.807) is 25.1 Å². The van der Waals surface area contributed by atoms with Gasteiger partial charge in [0, 0.05) is 35.3 Å². The van der Waals surface area contributed by atoms with E-state index >= 15 is 0 Å². The molecule has 0 unspecified atom stereocenters. The lowest BCUT2D eigenvalue weighted by Crippen LogP contribution is -2.42. The zero-order valence-electron chi connectivity index (χ0n) is 13.3. The summed E-state index contributed by atoms with van der Waals surface area (Å²) in [5.74, 6) is 0.636. The van der Waals surface area contributed by atoms with Crippen LogP contribution in [-0.2, 0) is 0 Å². The fraction of sp³-hybridized carbons (Fsp3) is 0.412. The van der Waals surface area contributed by atoms with Crippen LogP contribution in [0.1, 0.15) is 28.9 Å². The molecule has 0 radical (unpaired) electrons. The Labute approximate surface area is 149 Å². The van der Waals surface area contributed by atoms with Crippen molar-refractivity contribution in [2.75, 3.05) is 7.11 Å². The highest BCUT2D eigenvalue weighted by atomic mass is 32.2. The van der Waals surface area contributed by atoms with Crippen LogP contribution in [-0.4, -0.2) is 36.1 Å². The first-order chi connectivity index (χ1) is 11.7. The van der Waals surface area contributed by atoms with E-state index in [0.29, 0.717) is 18.0 Å². The highest BCUT2D eigenvalue weighted by Crippen LogP contribution is 2.35. The molecule has 3 atom stereocenters. The molecule has 126 valence electrons. The maximum Gasteiger partial charge on any atom is 0.261 e. The number of nitrogens with zero attached hydrogens (tertiary/aromatic N) is 1. The van der Waals surface area contributed by atoms with Gasteiger partial charge in [-0.25, -0.2) is 4.98 Å². The number of hydrogen-bond acceptors (Lipinski definition) is 6. The summed E-state index contributed by atoms with van der Waals surface area (Å²) >= 11 is 3.14. The summed E-state index contributed by atoms with van der Waals surface area (Å²) in [6.45, 7) is 0. The number of methoxy groups -OCH3 is 1.